The second-order valence-corrected chi connectivity index (χ2v) is 6.76. The molecule has 0 bridgehead atoms. The number of carbonyl (C=O) groups is 1. The van der Waals surface area contributed by atoms with Crippen LogP contribution in [0, 0.1) is 0 Å². The van der Waals surface area contributed by atoms with Crippen LogP contribution in [-0.4, -0.2) is 15.6 Å². The minimum Gasteiger partial charge on any atom is -0.334 e. The third-order valence-corrected chi connectivity index (χ3v) is 4.78. The Balaban J connectivity index is 1.36. The molecule has 0 saturated heterocycles. The van der Waals surface area contributed by atoms with E-state index in [0.29, 0.717) is 11.6 Å². The molecule has 26 heavy (non-hydrogen) atoms. The molecule has 4 rings (SSSR count). The van der Waals surface area contributed by atoms with Crippen LogP contribution in [0.1, 0.15) is 17.8 Å². The van der Waals surface area contributed by atoms with E-state index in [2.05, 4.69) is 20.2 Å². The summed E-state index contributed by atoms with van der Waals surface area (Å²) in [5.41, 5.74) is 3.99. The minimum atomic E-state index is -0.238. The van der Waals surface area contributed by atoms with Crippen LogP contribution in [0.15, 0.2) is 54.7 Å². The van der Waals surface area contributed by atoms with Crippen molar-refractivity contribution >= 4 is 23.3 Å². The summed E-state index contributed by atoms with van der Waals surface area (Å²) in [5.74, 6) is 1.16. The van der Waals surface area contributed by atoms with Crippen LogP contribution in [0.25, 0.3) is 11.3 Å². The zero-order valence-corrected chi connectivity index (χ0v) is 15.0. The molecule has 6 heteroatoms. The molecular weight excluding hydrogens is 348 g/mol. The van der Waals surface area contributed by atoms with E-state index in [-0.39, 0.29) is 6.03 Å². The number of nitrogens with one attached hydrogen (secondary N) is 2. The van der Waals surface area contributed by atoms with E-state index >= 15 is 0 Å². The summed E-state index contributed by atoms with van der Waals surface area (Å²) in [6.45, 7) is 1.47. The number of anilines is 1. The third kappa shape index (κ3) is 3.58. The largest absolute Gasteiger partial charge is 0.334 e. The number of hydrogen-bond acceptors (Lipinski definition) is 2. The fraction of sp³-hybridized carbons (Fsp3) is 0.200. The van der Waals surface area contributed by atoms with Gasteiger partial charge >= 0.3 is 6.03 Å². The van der Waals surface area contributed by atoms with Crippen molar-refractivity contribution in [3.05, 3.63) is 71.1 Å². The molecule has 0 aliphatic carbocycles. The Morgan fingerprint density at radius 1 is 1.12 bits per heavy atom. The molecule has 2 heterocycles. The second kappa shape index (κ2) is 7.22. The molecule has 0 unspecified atom stereocenters. The van der Waals surface area contributed by atoms with Crippen molar-refractivity contribution in [2.75, 3.05) is 5.32 Å². The van der Waals surface area contributed by atoms with Gasteiger partial charge in [-0.3, -0.25) is 0 Å². The standard InChI is InChI=1S/C20H19ClN4O/c21-16-7-3-14(4-8-16)12-23-20(26)24-17-9-5-15(6-10-17)18-13-22-19-2-1-11-25(18)19/h3-10,13H,1-2,11-12H2,(H2,23,24,26). The van der Waals surface area contributed by atoms with Crippen LogP contribution in [0.3, 0.4) is 0 Å². The maximum atomic E-state index is 12.1. The molecule has 0 fully saturated rings. The van der Waals surface area contributed by atoms with Crippen LogP contribution >= 0.6 is 11.6 Å². The van der Waals surface area contributed by atoms with Gasteiger partial charge in [0.15, 0.2) is 0 Å². The highest BCUT2D eigenvalue weighted by Gasteiger charge is 2.16. The van der Waals surface area contributed by atoms with Gasteiger partial charge < -0.3 is 15.2 Å². The molecule has 2 aromatic carbocycles. The predicted octanol–water partition coefficient (Wildman–Crippen LogP) is 4.47. The predicted molar refractivity (Wildman–Crippen MR) is 103 cm³/mol. The molecule has 1 aliphatic rings. The Morgan fingerprint density at radius 3 is 2.65 bits per heavy atom. The zero-order valence-electron chi connectivity index (χ0n) is 14.2. The average Bonchev–Trinajstić information content (AvgIpc) is 3.26. The first-order valence-electron chi connectivity index (χ1n) is 8.63. The number of fused-ring (bicyclic) bond motifs is 1. The maximum absolute atomic E-state index is 12.1. The zero-order chi connectivity index (χ0) is 17.9. The maximum Gasteiger partial charge on any atom is 0.319 e. The smallest absolute Gasteiger partial charge is 0.319 e. The normalized spacial score (nSPS) is 12.7. The first-order valence-corrected chi connectivity index (χ1v) is 9.01. The fourth-order valence-corrected chi connectivity index (χ4v) is 3.30. The monoisotopic (exact) mass is 366 g/mol. The fourth-order valence-electron chi connectivity index (χ4n) is 3.17. The highest BCUT2D eigenvalue weighted by molar-refractivity contribution is 6.30. The van der Waals surface area contributed by atoms with E-state index in [1.807, 2.05) is 54.7 Å². The number of carbonyl (C=O) groups excluding carboxylic acids is 1. The quantitative estimate of drug-likeness (QED) is 0.715. The summed E-state index contributed by atoms with van der Waals surface area (Å²) in [5, 5.41) is 6.37. The number of amides is 2. The van der Waals surface area contributed by atoms with Crippen LogP contribution in [0.2, 0.25) is 5.02 Å². The lowest BCUT2D eigenvalue weighted by Crippen LogP contribution is -2.28. The highest BCUT2D eigenvalue weighted by atomic mass is 35.5. The SMILES string of the molecule is O=C(NCc1ccc(Cl)cc1)Nc1ccc(-c2cnc3n2CCC3)cc1. The number of nitrogens with zero attached hydrogens (tertiary/aromatic N) is 2. The van der Waals surface area contributed by atoms with Gasteiger partial charge in [-0.05, 0) is 41.8 Å². The molecule has 0 radical (unpaired) electrons. The van der Waals surface area contributed by atoms with Crippen LogP contribution < -0.4 is 10.6 Å². The first kappa shape index (κ1) is 16.7. The Hall–Kier alpha value is -2.79. The lowest BCUT2D eigenvalue weighted by Gasteiger charge is -2.09. The van der Waals surface area contributed by atoms with Gasteiger partial charge in [-0.25, -0.2) is 9.78 Å². The van der Waals surface area contributed by atoms with Crippen LogP contribution in [0.5, 0.6) is 0 Å². The Morgan fingerprint density at radius 2 is 1.88 bits per heavy atom. The van der Waals surface area contributed by atoms with Gasteiger partial charge in [0.1, 0.15) is 5.82 Å². The van der Waals surface area contributed by atoms with Gasteiger partial charge in [-0.15, -0.1) is 0 Å². The van der Waals surface area contributed by atoms with Gasteiger partial charge in [0.05, 0.1) is 11.9 Å². The topological polar surface area (TPSA) is 59.0 Å². The molecule has 5 nitrogen and oxygen atoms in total. The van der Waals surface area contributed by atoms with Crippen LogP contribution in [-0.2, 0) is 19.5 Å². The minimum absolute atomic E-state index is 0.238. The average molecular weight is 367 g/mol. The molecule has 132 valence electrons. The molecule has 2 amide bonds. The van der Waals surface area contributed by atoms with Gasteiger partial charge in [0.2, 0.25) is 0 Å². The number of imidazole rings is 1. The number of rotatable bonds is 4. The third-order valence-electron chi connectivity index (χ3n) is 4.53. The van der Waals surface area contributed by atoms with Gasteiger partial charge in [0.25, 0.3) is 0 Å². The molecule has 0 saturated carbocycles. The first-order chi connectivity index (χ1) is 12.7. The molecule has 3 aromatic rings. The number of aromatic nitrogens is 2. The van der Waals surface area contributed by atoms with Crippen molar-refractivity contribution in [2.24, 2.45) is 0 Å². The van der Waals surface area contributed by atoms with E-state index in [4.69, 9.17) is 11.6 Å². The van der Waals surface area contributed by atoms with Crippen molar-refractivity contribution in [1.82, 2.24) is 14.9 Å². The van der Waals surface area contributed by atoms with Crippen LogP contribution in [0.4, 0.5) is 10.5 Å². The molecular formula is C20H19ClN4O. The van der Waals surface area contributed by atoms with Crippen molar-refractivity contribution in [1.29, 1.82) is 0 Å². The number of hydrogen-bond donors (Lipinski definition) is 2. The van der Waals surface area contributed by atoms with Crippen molar-refractivity contribution in [2.45, 2.75) is 25.9 Å². The number of aryl methyl sites for hydroxylation is 1. The second-order valence-electron chi connectivity index (χ2n) is 6.33. The number of urea groups is 1. The van der Waals surface area contributed by atoms with E-state index < -0.39 is 0 Å². The Bertz CT molecular complexity index is 916. The molecule has 0 atom stereocenters. The lowest BCUT2D eigenvalue weighted by molar-refractivity contribution is 0.251. The van der Waals surface area contributed by atoms with Gasteiger partial charge in [0, 0.05) is 30.2 Å². The molecule has 2 N–H and O–H groups in total. The molecule has 0 spiro atoms. The lowest BCUT2D eigenvalue weighted by atomic mass is 10.1. The van der Waals surface area contributed by atoms with E-state index in [1.165, 1.54) is 0 Å². The Kier molecular flexibility index (Phi) is 4.63. The number of benzene rings is 2. The summed E-state index contributed by atoms with van der Waals surface area (Å²) in [6.07, 6.45) is 4.13. The van der Waals surface area contributed by atoms with E-state index in [1.54, 1.807) is 0 Å². The summed E-state index contributed by atoms with van der Waals surface area (Å²) < 4.78 is 2.27. The van der Waals surface area contributed by atoms with Gasteiger partial charge in [-0.2, -0.15) is 0 Å². The molecule has 1 aliphatic heterocycles. The summed E-state index contributed by atoms with van der Waals surface area (Å²) in [6, 6.07) is 15.0. The van der Waals surface area contributed by atoms with Crippen molar-refractivity contribution < 1.29 is 4.79 Å². The van der Waals surface area contributed by atoms with Crippen molar-refractivity contribution in [3.63, 3.8) is 0 Å². The Labute approximate surface area is 157 Å². The number of halogens is 1. The van der Waals surface area contributed by atoms with E-state index in [0.717, 1.165) is 47.7 Å². The van der Waals surface area contributed by atoms with Crippen molar-refractivity contribution in [3.8, 4) is 11.3 Å². The summed E-state index contributed by atoms with van der Waals surface area (Å²) >= 11 is 5.86. The summed E-state index contributed by atoms with van der Waals surface area (Å²) in [4.78, 5) is 16.5. The highest BCUT2D eigenvalue weighted by Crippen LogP contribution is 2.26. The molecule has 1 aromatic heterocycles. The van der Waals surface area contributed by atoms with Gasteiger partial charge in [-0.1, -0.05) is 35.9 Å². The summed E-state index contributed by atoms with van der Waals surface area (Å²) in [7, 11) is 0. The van der Waals surface area contributed by atoms with E-state index in [9.17, 15) is 4.79 Å².